The first-order valence-electron chi connectivity index (χ1n) is 7.39. The first-order valence-corrected chi connectivity index (χ1v) is 8.21. The van der Waals surface area contributed by atoms with E-state index in [2.05, 4.69) is 48.3 Å². The number of rotatable bonds is 6. The van der Waals surface area contributed by atoms with Crippen molar-refractivity contribution in [3.8, 4) is 10.4 Å². The molecule has 0 aliphatic rings. The van der Waals surface area contributed by atoms with Crippen molar-refractivity contribution in [3.05, 3.63) is 35.2 Å². The Morgan fingerprint density at radius 2 is 1.86 bits per heavy atom. The molecule has 0 aliphatic carbocycles. The summed E-state index contributed by atoms with van der Waals surface area (Å²) in [7, 11) is 3.21. The van der Waals surface area contributed by atoms with E-state index in [1.165, 1.54) is 24.1 Å². The van der Waals surface area contributed by atoms with Crippen molar-refractivity contribution in [1.29, 1.82) is 0 Å². The van der Waals surface area contributed by atoms with E-state index in [1.54, 1.807) is 0 Å². The summed E-state index contributed by atoms with van der Waals surface area (Å²) < 4.78 is 4.83. The molecule has 0 unspecified atom stereocenters. The molecule has 0 saturated heterocycles. The van der Waals surface area contributed by atoms with Gasteiger partial charge in [-0.1, -0.05) is 12.1 Å². The molecule has 22 heavy (non-hydrogen) atoms. The number of methoxy groups -OCH3 is 1. The van der Waals surface area contributed by atoms with Crippen molar-refractivity contribution in [2.24, 2.45) is 0 Å². The van der Waals surface area contributed by atoms with E-state index < -0.39 is 0 Å². The number of esters is 1. The molecular weight excluding hydrogens is 296 g/mol. The number of carbonyl (C=O) groups excluding carboxylic acids is 1. The first kappa shape index (κ1) is 16.4. The highest BCUT2D eigenvalue weighted by Crippen LogP contribution is 2.35. The van der Waals surface area contributed by atoms with E-state index in [0.29, 0.717) is 4.88 Å². The van der Waals surface area contributed by atoms with Crippen LogP contribution in [0.5, 0.6) is 0 Å². The Bertz CT molecular complexity index is 631. The highest BCUT2D eigenvalue weighted by Gasteiger charge is 2.17. The minimum atomic E-state index is -0.305. The highest BCUT2D eigenvalue weighted by atomic mass is 32.1. The summed E-state index contributed by atoms with van der Waals surface area (Å²) in [6.45, 7) is 6.29. The Morgan fingerprint density at radius 3 is 2.36 bits per heavy atom. The molecule has 118 valence electrons. The molecule has 0 fully saturated rings. The Labute approximate surface area is 135 Å². The Balaban J connectivity index is 2.32. The third kappa shape index (κ3) is 3.25. The lowest BCUT2D eigenvalue weighted by Gasteiger charge is -2.21. The molecule has 2 rings (SSSR count). The van der Waals surface area contributed by atoms with Crippen LogP contribution >= 0.6 is 11.3 Å². The lowest BCUT2D eigenvalue weighted by molar-refractivity contribution is 0.0607. The van der Waals surface area contributed by atoms with Gasteiger partial charge in [0.2, 0.25) is 0 Å². The van der Waals surface area contributed by atoms with Gasteiger partial charge in [-0.2, -0.15) is 0 Å². The van der Waals surface area contributed by atoms with Gasteiger partial charge < -0.3 is 15.0 Å². The zero-order valence-electron chi connectivity index (χ0n) is 13.5. The van der Waals surface area contributed by atoms with Crippen LogP contribution in [0.1, 0.15) is 23.5 Å². The minimum absolute atomic E-state index is 0.305. The maximum atomic E-state index is 11.8. The van der Waals surface area contributed by atoms with Crippen molar-refractivity contribution in [1.82, 2.24) is 0 Å². The van der Waals surface area contributed by atoms with Crippen LogP contribution in [0.3, 0.4) is 0 Å². The molecule has 0 radical (unpaired) electrons. The topological polar surface area (TPSA) is 41.6 Å². The van der Waals surface area contributed by atoms with Crippen LogP contribution in [-0.2, 0) is 4.74 Å². The number of nitrogens with one attached hydrogen (secondary N) is 1. The van der Waals surface area contributed by atoms with E-state index in [0.717, 1.165) is 29.2 Å². The molecule has 2 aromatic rings. The fraction of sp³-hybridized carbons (Fsp3) is 0.353. The van der Waals surface area contributed by atoms with Gasteiger partial charge in [-0.3, -0.25) is 0 Å². The summed E-state index contributed by atoms with van der Waals surface area (Å²) >= 11 is 1.44. The number of hydrogen-bond acceptors (Lipinski definition) is 5. The second-order valence-corrected chi connectivity index (χ2v) is 5.87. The van der Waals surface area contributed by atoms with E-state index in [-0.39, 0.29) is 5.97 Å². The maximum Gasteiger partial charge on any atom is 0.350 e. The van der Waals surface area contributed by atoms with Crippen molar-refractivity contribution < 1.29 is 9.53 Å². The SMILES string of the molecule is CCN(CC)c1ccc(-c2cc(NC)c(C(=O)OC)s2)cc1. The van der Waals surface area contributed by atoms with E-state index >= 15 is 0 Å². The average molecular weight is 318 g/mol. The second-order valence-electron chi connectivity index (χ2n) is 4.81. The standard InChI is InChI=1S/C17H22N2O2S/c1-5-19(6-2)13-9-7-12(8-10-13)15-11-14(18-3)16(22-15)17(20)21-4/h7-11,18H,5-6H2,1-4H3. The third-order valence-electron chi connectivity index (χ3n) is 3.65. The number of nitrogens with zero attached hydrogens (tertiary/aromatic N) is 1. The van der Waals surface area contributed by atoms with Crippen LogP contribution in [0.4, 0.5) is 11.4 Å². The number of thiophene rings is 1. The molecule has 0 amide bonds. The summed E-state index contributed by atoms with van der Waals surface area (Å²) in [5, 5.41) is 3.05. The number of hydrogen-bond donors (Lipinski definition) is 1. The Kier molecular flexibility index (Phi) is 5.44. The van der Waals surface area contributed by atoms with Gasteiger partial charge in [0.05, 0.1) is 12.8 Å². The Hall–Kier alpha value is -2.01. The summed E-state index contributed by atoms with van der Waals surface area (Å²) in [4.78, 5) is 15.8. The zero-order chi connectivity index (χ0) is 16.1. The largest absolute Gasteiger partial charge is 0.465 e. The normalized spacial score (nSPS) is 10.4. The van der Waals surface area contributed by atoms with Crippen LogP contribution in [0.25, 0.3) is 10.4 Å². The van der Waals surface area contributed by atoms with Crippen LogP contribution in [0.2, 0.25) is 0 Å². The first-order chi connectivity index (χ1) is 10.6. The highest BCUT2D eigenvalue weighted by molar-refractivity contribution is 7.18. The summed E-state index contributed by atoms with van der Waals surface area (Å²) in [5.41, 5.74) is 3.12. The number of benzene rings is 1. The van der Waals surface area contributed by atoms with Crippen molar-refractivity contribution in [3.63, 3.8) is 0 Å². The van der Waals surface area contributed by atoms with Gasteiger partial charge in [-0.05, 0) is 37.6 Å². The molecule has 4 nitrogen and oxygen atoms in total. The quantitative estimate of drug-likeness (QED) is 0.815. The molecule has 1 aromatic heterocycles. The summed E-state index contributed by atoms with van der Waals surface area (Å²) in [6, 6.07) is 10.4. The molecule has 0 atom stereocenters. The zero-order valence-corrected chi connectivity index (χ0v) is 14.3. The molecule has 0 spiro atoms. The summed E-state index contributed by atoms with van der Waals surface area (Å²) in [5.74, 6) is -0.305. The molecule has 5 heteroatoms. The van der Waals surface area contributed by atoms with Crippen LogP contribution in [0, 0.1) is 0 Å². The molecule has 0 saturated carbocycles. The maximum absolute atomic E-state index is 11.8. The minimum Gasteiger partial charge on any atom is -0.465 e. The number of carbonyl (C=O) groups is 1. The van der Waals surface area contributed by atoms with Gasteiger partial charge in [0.1, 0.15) is 4.88 Å². The lowest BCUT2D eigenvalue weighted by atomic mass is 10.1. The van der Waals surface area contributed by atoms with E-state index in [4.69, 9.17) is 4.74 Å². The average Bonchev–Trinajstić information content (AvgIpc) is 3.00. The monoisotopic (exact) mass is 318 g/mol. The van der Waals surface area contributed by atoms with Crippen molar-refractivity contribution in [2.45, 2.75) is 13.8 Å². The second kappa shape index (κ2) is 7.31. The van der Waals surface area contributed by atoms with Gasteiger partial charge in [-0.15, -0.1) is 11.3 Å². The van der Waals surface area contributed by atoms with Gasteiger partial charge in [0.15, 0.2) is 0 Å². The smallest absolute Gasteiger partial charge is 0.350 e. The number of ether oxygens (including phenoxy) is 1. The molecule has 1 aromatic carbocycles. The Morgan fingerprint density at radius 1 is 1.23 bits per heavy atom. The van der Waals surface area contributed by atoms with Crippen LogP contribution < -0.4 is 10.2 Å². The van der Waals surface area contributed by atoms with Crippen molar-refractivity contribution >= 4 is 28.7 Å². The van der Waals surface area contributed by atoms with Gasteiger partial charge >= 0.3 is 5.97 Å². The third-order valence-corrected chi connectivity index (χ3v) is 4.82. The molecular formula is C17H22N2O2S. The summed E-state index contributed by atoms with van der Waals surface area (Å²) in [6.07, 6.45) is 0. The predicted molar refractivity (Wildman–Crippen MR) is 94.2 cm³/mol. The lowest BCUT2D eigenvalue weighted by Crippen LogP contribution is -2.21. The van der Waals surface area contributed by atoms with Crippen LogP contribution in [-0.4, -0.2) is 33.2 Å². The number of anilines is 2. The molecule has 0 aliphatic heterocycles. The fourth-order valence-electron chi connectivity index (χ4n) is 2.39. The van der Waals surface area contributed by atoms with E-state index in [9.17, 15) is 4.79 Å². The molecule has 1 N–H and O–H groups in total. The van der Waals surface area contributed by atoms with Gasteiger partial charge in [0, 0.05) is 30.7 Å². The fourth-order valence-corrected chi connectivity index (χ4v) is 3.48. The van der Waals surface area contributed by atoms with Crippen LogP contribution in [0.15, 0.2) is 30.3 Å². The predicted octanol–water partition coefficient (Wildman–Crippen LogP) is 4.09. The van der Waals surface area contributed by atoms with Gasteiger partial charge in [0.25, 0.3) is 0 Å². The molecule has 0 bridgehead atoms. The van der Waals surface area contributed by atoms with Crippen molar-refractivity contribution in [2.75, 3.05) is 37.5 Å². The van der Waals surface area contributed by atoms with Gasteiger partial charge in [-0.25, -0.2) is 4.79 Å². The molecule has 1 heterocycles. The van der Waals surface area contributed by atoms with E-state index in [1.807, 2.05) is 13.1 Å².